The summed E-state index contributed by atoms with van der Waals surface area (Å²) >= 11 is 6.05. The van der Waals surface area contributed by atoms with E-state index in [2.05, 4.69) is 10.1 Å². The number of aromatic nitrogens is 3. The van der Waals surface area contributed by atoms with Gasteiger partial charge in [-0.25, -0.2) is 18.7 Å². The lowest BCUT2D eigenvalue weighted by atomic mass is 10.1. The van der Waals surface area contributed by atoms with Crippen molar-refractivity contribution in [2.45, 2.75) is 6.92 Å². The topological polar surface area (TPSA) is 87.5 Å². The maximum Gasteiger partial charge on any atom is 0.343 e. The molecule has 112 valence electrons. The molecule has 0 saturated carbocycles. The van der Waals surface area contributed by atoms with Crippen molar-refractivity contribution in [3.63, 3.8) is 0 Å². The van der Waals surface area contributed by atoms with Crippen molar-refractivity contribution in [3.05, 3.63) is 56.8 Å². The van der Waals surface area contributed by atoms with Crippen molar-refractivity contribution >= 4 is 23.2 Å². The number of aromatic carboxylic acids is 1. The average Bonchev–Trinajstić information content (AvgIpc) is 2.77. The van der Waals surface area contributed by atoms with E-state index in [-0.39, 0.29) is 16.2 Å². The maximum absolute atomic E-state index is 14.1. The molecule has 3 aromatic rings. The first kappa shape index (κ1) is 14.3. The summed E-state index contributed by atoms with van der Waals surface area (Å²) in [4.78, 5) is 27.1. The number of carbonyl (C=O) groups is 1. The van der Waals surface area contributed by atoms with Gasteiger partial charge >= 0.3 is 5.97 Å². The third-order valence-electron chi connectivity index (χ3n) is 3.28. The Balaban J connectivity index is 2.42. The summed E-state index contributed by atoms with van der Waals surface area (Å²) in [6, 6.07) is 4.23. The number of nitrogens with one attached hydrogen (secondary N) is 1. The van der Waals surface area contributed by atoms with Crippen molar-refractivity contribution in [2.24, 2.45) is 0 Å². The summed E-state index contributed by atoms with van der Waals surface area (Å²) in [6.45, 7) is 1.62. The number of rotatable bonds is 2. The van der Waals surface area contributed by atoms with Gasteiger partial charge in [0.15, 0.2) is 5.65 Å². The Labute approximate surface area is 127 Å². The van der Waals surface area contributed by atoms with Crippen LogP contribution in [-0.2, 0) is 0 Å². The predicted octanol–water partition coefficient (Wildman–Crippen LogP) is 2.49. The highest BCUT2D eigenvalue weighted by molar-refractivity contribution is 6.33. The minimum Gasteiger partial charge on any atom is -0.477 e. The second kappa shape index (κ2) is 4.96. The summed E-state index contributed by atoms with van der Waals surface area (Å²) in [5.41, 5.74) is -0.282. The van der Waals surface area contributed by atoms with Gasteiger partial charge in [-0.2, -0.15) is 0 Å². The fourth-order valence-corrected chi connectivity index (χ4v) is 2.57. The number of carboxylic acids is 1. The molecule has 0 radical (unpaired) electrons. The van der Waals surface area contributed by atoms with Crippen LogP contribution in [0.25, 0.3) is 16.8 Å². The zero-order valence-corrected chi connectivity index (χ0v) is 12.0. The molecule has 22 heavy (non-hydrogen) atoms. The van der Waals surface area contributed by atoms with E-state index < -0.39 is 22.9 Å². The summed E-state index contributed by atoms with van der Waals surface area (Å²) in [6.07, 6.45) is 0.950. The fourth-order valence-electron chi connectivity index (χ4n) is 2.31. The number of aromatic amines is 1. The molecule has 0 aliphatic rings. The molecule has 0 unspecified atom stereocenters. The van der Waals surface area contributed by atoms with Crippen molar-refractivity contribution in [3.8, 4) is 11.1 Å². The molecule has 6 nitrogen and oxygen atoms in total. The molecule has 0 amide bonds. The van der Waals surface area contributed by atoms with Gasteiger partial charge in [0.2, 0.25) is 0 Å². The van der Waals surface area contributed by atoms with Crippen LogP contribution in [0.5, 0.6) is 0 Å². The third-order valence-corrected chi connectivity index (χ3v) is 3.60. The highest BCUT2D eigenvalue weighted by atomic mass is 35.5. The molecule has 0 aliphatic carbocycles. The van der Waals surface area contributed by atoms with Gasteiger partial charge in [-0.1, -0.05) is 17.7 Å². The van der Waals surface area contributed by atoms with Crippen LogP contribution >= 0.6 is 11.6 Å². The third kappa shape index (κ3) is 1.98. The van der Waals surface area contributed by atoms with Gasteiger partial charge in [0.25, 0.3) is 5.56 Å². The smallest absolute Gasteiger partial charge is 0.343 e. The number of hydrogen-bond donors (Lipinski definition) is 2. The zero-order chi connectivity index (χ0) is 16.0. The van der Waals surface area contributed by atoms with Crippen LogP contribution in [-0.4, -0.2) is 25.7 Å². The number of hydrogen-bond acceptors (Lipinski definition) is 3. The van der Waals surface area contributed by atoms with Crippen LogP contribution in [0, 0.1) is 12.7 Å². The predicted molar refractivity (Wildman–Crippen MR) is 77.9 cm³/mol. The minimum absolute atomic E-state index is 0.107. The van der Waals surface area contributed by atoms with Gasteiger partial charge in [-0.15, -0.1) is 0 Å². The molecule has 0 atom stereocenters. The first-order valence-electron chi connectivity index (χ1n) is 6.20. The Kier molecular flexibility index (Phi) is 3.22. The van der Waals surface area contributed by atoms with Crippen LogP contribution in [0.4, 0.5) is 4.39 Å². The first-order valence-corrected chi connectivity index (χ1v) is 6.57. The summed E-state index contributed by atoms with van der Waals surface area (Å²) in [7, 11) is 0. The number of benzene rings is 1. The molecule has 0 spiro atoms. The number of carboxylic acid groups (broad SMARTS) is 1. The van der Waals surface area contributed by atoms with Gasteiger partial charge in [-0.3, -0.25) is 9.89 Å². The second-order valence-electron chi connectivity index (χ2n) is 4.65. The van der Waals surface area contributed by atoms with Crippen molar-refractivity contribution in [1.29, 1.82) is 0 Å². The summed E-state index contributed by atoms with van der Waals surface area (Å²) < 4.78 is 15.1. The van der Waals surface area contributed by atoms with Crippen molar-refractivity contribution in [2.75, 3.05) is 0 Å². The molecule has 8 heteroatoms. The molecular formula is C14H9ClFN3O3. The number of fused-ring (bicyclic) bond motifs is 1. The maximum atomic E-state index is 14.1. The molecule has 0 saturated heterocycles. The Hall–Kier alpha value is -2.67. The molecule has 2 aromatic heterocycles. The van der Waals surface area contributed by atoms with Crippen LogP contribution in [0.15, 0.2) is 29.2 Å². The lowest BCUT2D eigenvalue weighted by Crippen LogP contribution is -2.23. The van der Waals surface area contributed by atoms with E-state index in [4.69, 9.17) is 16.7 Å². The van der Waals surface area contributed by atoms with E-state index in [0.29, 0.717) is 11.3 Å². The monoisotopic (exact) mass is 321 g/mol. The van der Waals surface area contributed by atoms with Crippen LogP contribution in [0.2, 0.25) is 5.02 Å². The van der Waals surface area contributed by atoms with Gasteiger partial charge in [0, 0.05) is 17.5 Å². The van der Waals surface area contributed by atoms with E-state index >= 15 is 0 Å². The van der Waals surface area contributed by atoms with Gasteiger partial charge in [-0.05, 0) is 19.1 Å². The van der Waals surface area contributed by atoms with Gasteiger partial charge in [0.1, 0.15) is 11.4 Å². The minimum atomic E-state index is -1.38. The Morgan fingerprint density at radius 1 is 1.41 bits per heavy atom. The van der Waals surface area contributed by atoms with E-state index in [1.54, 1.807) is 6.92 Å². The quantitative estimate of drug-likeness (QED) is 0.759. The van der Waals surface area contributed by atoms with Crippen molar-refractivity contribution < 1.29 is 14.3 Å². The molecular weight excluding hydrogens is 313 g/mol. The van der Waals surface area contributed by atoms with E-state index in [0.717, 1.165) is 10.7 Å². The van der Waals surface area contributed by atoms with Crippen LogP contribution < -0.4 is 5.56 Å². The summed E-state index contributed by atoms with van der Waals surface area (Å²) in [5, 5.41) is 11.8. The second-order valence-corrected chi connectivity index (χ2v) is 5.06. The lowest BCUT2D eigenvalue weighted by Gasteiger charge is -2.05. The molecule has 2 heterocycles. The van der Waals surface area contributed by atoms with Crippen molar-refractivity contribution in [1.82, 2.24) is 14.6 Å². The largest absolute Gasteiger partial charge is 0.477 e. The fraction of sp³-hybridized carbons (Fsp3) is 0.0714. The molecule has 0 bridgehead atoms. The number of nitrogens with zero attached hydrogens (tertiary/aromatic N) is 2. The normalized spacial score (nSPS) is 11.0. The lowest BCUT2D eigenvalue weighted by molar-refractivity contribution is 0.0694. The Bertz CT molecular complexity index is 957. The summed E-state index contributed by atoms with van der Waals surface area (Å²) in [5.74, 6) is -1.95. The van der Waals surface area contributed by atoms with Crippen LogP contribution in [0.1, 0.15) is 16.1 Å². The standard InChI is InChI=1S/C14H9ClFN3O3/c1-6-10(11-8(15)3-2-4-9(11)16)12-17-5-7(14(21)22)13(20)19(12)18-6/h2-5,18H,1H3,(H,21,22). The first-order chi connectivity index (χ1) is 10.4. The average molecular weight is 322 g/mol. The van der Waals surface area contributed by atoms with Gasteiger partial charge in [0.05, 0.1) is 10.6 Å². The molecule has 2 N–H and O–H groups in total. The Morgan fingerprint density at radius 2 is 2.14 bits per heavy atom. The van der Waals surface area contributed by atoms with E-state index in [1.165, 1.54) is 18.2 Å². The Morgan fingerprint density at radius 3 is 2.77 bits per heavy atom. The van der Waals surface area contributed by atoms with E-state index in [1.807, 2.05) is 0 Å². The number of halogens is 2. The highest BCUT2D eigenvalue weighted by Crippen LogP contribution is 2.34. The number of H-pyrrole nitrogens is 1. The molecule has 3 rings (SSSR count). The number of aryl methyl sites for hydroxylation is 1. The van der Waals surface area contributed by atoms with E-state index in [9.17, 15) is 14.0 Å². The molecule has 0 aliphatic heterocycles. The highest BCUT2D eigenvalue weighted by Gasteiger charge is 2.21. The van der Waals surface area contributed by atoms with Gasteiger partial charge < -0.3 is 5.11 Å². The molecule has 0 fully saturated rings. The molecule has 1 aromatic carbocycles. The SMILES string of the molecule is Cc1[nH]n2c(=O)c(C(=O)O)cnc2c1-c1c(F)cccc1Cl. The zero-order valence-electron chi connectivity index (χ0n) is 11.2. The van der Waals surface area contributed by atoms with Crippen LogP contribution in [0.3, 0.4) is 0 Å².